The Hall–Kier alpha value is -2.30. The van der Waals surface area contributed by atoms with Gasteiger partial charge in [-0.05, 0) is 18.6 Å². The molecule has 0 bridgehead atoms. The number of carboxylic acids is 1. The number of hydrogen-bond acceptors (Lipinski definition) is 4. The fourth-order valence-corrected chi connectivity index (χ4v) is 2.10. The minimum Gasteiger partial charge on any atom is -0.506 e. The number of esters is 1. The lowest BCUT2D eigenvalue weighted by atomic mass is 9.87. The van der Waals surface area contributed by atoms with Crippen molar-refractivity contribution < 1.29 is 24.5 Å². The molecule has 2 atom stereocenters. The van der Waals surface area contributed by atoms with Crippen LogP contribution in [-0.4, -0.2) is 28.3 Å². The quantitative estimate of drug-likeness (QED) is 0.630. The van der Waals surface area contributed by atoms with Gasteiger partial charge in [0.2, 0.25) is 0 Å². The van der Waals surface area contributed by atoms with Gasteiger partial charge in [-0.1, -0.05) is 19.1 Å². The van der Waals surface area contributed by atoms with Gasteiger partial charge in [0.05, 0.1) is 0 Å². The van der Waals surface area contributed by atoms with Crippen LogP contribution in [-0.2, 0) is 9.53 Å². The van der Waals surface area contributed by atoms with Crippen LogP contribution in [0.2, 0.25) is 0 Å². The number of carbonyl (C=O) groups is 2. The maximum atomic E-state index is 11.8. The molecule has 0 aromatic heterocycles. The summed E-state index contributed by atoms with van der Waals surface area (Å²) in [4.78, 5) is 22.3. The summed E-state index contributed by atoms with van der Waals surface area (Å²) >= 11 is 0. The highest BCUT2D eigenvalue weighted by Crippen LogP contribution is 2.37. The van der Waals surface area contributed by atoms with Crippen LogP contribution < -0.4 is 0 Å². The number of carbonyl (C=O) groups excluding carboxylic acids is 1. The second-order valence-electron chi connectivity index (χ2n) is 4.54. The first-order valence-corrected chi connectivity index (χ1v) is 5.89. The summed E-state index contributed by atoms with van der Waals surface area (Å²) in [6.45, 7) is 3.70. The van der Waals surface area contributed by atoms with E-state index in [0.717, 1.165) is 6.08 Å². The summed E-state index contributed by atoms with van der Waals surface area (Å²) in [5.41, 5.74) is 1.12. The smallest absolute Gasteiger partial charge is 0.342 e. The molecular weight excluding hydrogens is 248 g/mol. The molecule has 1 aromatic rings. The van der Waals surface area contributed by atoms with Gasteiger partial charge in [-0.15, -0.1) is 0 Å². The fraction of sp³-hybridized carbons (Fsp3) is 0.286. The second-order valence-corrected chi connectivity index (χ2v) is 4.54. The molecule has 100 valence electrons. The molecule has 0 amide bonds. The van der Waals surface area contributed by atoms with Crippen molar-refractivity contribution in [3.63, 3.8) is 0 Å². The molecule has 0 aliphatic carbocycles. The summed E-state index contributed by atoms with van der Waals surface area (Å²) in [7, 11) is 0. The summed E-state index contributed by atoms with van der Waals surface area (Å²) in [5.74, 6) is -1.96. The molecule has 1 aliphatic heterocycles. The highest BCUT2D eigenvalue weighted by molar-refractivity contribution is 5.97. The maximum Gasteiger partial charge on any atom is 0.342 e. The highest BCUT2D eigenvalue weighted by atomic mass is 16.5. The molecule has 5 nitrogen and oxygen atoms in total. The van der Waals surface area contributed by atoms with E-state index in [1.807, 2.05) is 6.92 Å². The van der Waals surface area contributed by atoms with Gasteiger partial charge in [0.15, 0.2) is 0 Å². The Balaban J connectivity index is 2.53. The zero-order valence-corrected chi connectivity index (χ0v) is 10.6. The van der Waals surface area contributed by atoms with Crippen LogP contribution in [0.25, 0.3) is 6.08 Å². The lowest BCUT2D eigenvalue weighted by Gasteiger charge is -2.28. The standard InChI is InChI=1S/C14H14O5/c1-7-8(2)19-14(18)12-10(7)5-3-9(13(12)17)4-6-11(15)16/h3-8,17H,1-2H3,(H,15,16)/b6-4+/t7-,8-/m0/s1. The number of cyclic esters (lactones) is 1. The monoisotopic (exact) mass is 262 g/mol. The van der Waals surface area contributed by atoms with Gasteiger partial charge in [0.25, 0.3) is 0 Å². The van der Waals surface area contributed by atoms with E-state index in [-0.39, 0.29) is 28.9 Å². The normalized spacial score (nSPS) is 22.1. The fourth-order valence-electron chi connectivity index (χ4n) is 2.10. The van der Waals surface area contributed by atoms with E-state index in [2.05, 4.69) is 0 Å². The SMILES string of the molecule is C[C@@H]1OC(=O)c2c(ccc(/C=C/C(=O)O)c2O)[C@H]1C. The average molecular weight is 262 g/mol. The highest BCUT2D eigenvalue weighted by Gasteiger charge is 2.32. The summed E-state index contributed by atoms with van der Waals surface area (Å²) in [5, 5.41) is 18.6. The third-order valence-corrected chi connectivity index (χ3v) is 3.34. The minimum absolute atomic E-state index is 0.0175. The molecule has 0 fully saturated rings. The van der Waals surface area contributed by atoms with Gasteiger partial charge < -0.3 is 14.9 Å². The molecular formula is C14H14O5. The van der Waals surface area contributed by atoms with E-state index in [0.29, 0.717) is 5.56 Å². The predicted octanol–water partition coefficient (Wildman–Crippen LogP) is 2.15. The molecule has 0 saturated carbocycles. The van der Waals surface area contributed by atoms with Crippen LogP contribution in [0.3, 0.4) is 0 Å². The summed E-state index contributed by atoms with van der Waals surface area (Å²) in [6.07, 6.45) is 1.90. The number of hydrogen-bond donors (Lipinski definition) is 2. The third kappa shape index (κ3) is 2.31. The summed E-state index contributed by atoms with van der Waals surface area (Å²) in [6, 6.07) is 3.31. The molecule has 1 aromatic carbocycles. The number of benzene rings is 1. The van der Waals surface area contributed by atoms with Crippen molar-refractivity contribution in [1.29, 1.82) is 0 Å². The average Bonchev–Trinajstić information content (AvgIpc) is 2.34. The molecule has 0 saturated heterocycles. The molecule has 5 heteroatoms. The van der Waals surface area contributed by atoms with Gasteiger partial charge in [0, 0.05) is 17.6 Å². The van der Waals surface area contributed by atoms with Crippen LogP contribution in [0, 0.1) is 0 Å². The van der Waals surface area contributed by atoms with Crippen LogP contribution in [0.1, 0.15) is 41.3 Å². The number of ether oxygens (including phenoxy) is 1. The number of fused-ring (bicyclic) bond motifs is 1. The summed E-state index contributed by atoms with van der Waals surface area (Å²) < 4.78 is 5.15. The largest absolute Gasteiger partial charge is 0.506 e. The number of rotatable bonds is 2. The first-order valence-electron chi connectivity index (χ1n) is 5.89. The van der Waals surface area contributed by atoms with Gasteiger partial charge in [-0.3, -0.25) is 0 Å². The van der Waals surface area contributed by atoms with E-state index in [4.69, 9.17) is 9.84 Å². The molecule has 0 unspecified atom stereocenters. The molecule has 0 spiro atoms. The molecule has 0 radical (unpaired) electrons. The molecule has 1 aliphatic rings. The Morgan fingerprint density at radius 2 is 2.05 bits per heavy atom. The lowest BCUT2D eigenvalue weighted by molar-refractivity contribution is -0.131. The van der Waals surface area contributed by atoms with E-state index in [1.54, 1.807) is 19.1 Å². The van der Waals surface area contributed by atoms with Gasteiger partial charge >= 0.3 is 11.9 Å². The van der Waals surface area contributed by atoms with Crippen molar-refractivity contribution in [2.45, 2.75) is 25.9 Å². The van der Waals surface area contributed by atoms with Crippen molar-refractivity contribution in [3.05, 3.63) is 34.9 Å². The number of aliphatic carboxylic acids is 1. The number of phenols is 1. The predicted molar refractivity (Wildman–Crippen MR) is 68.1 cm³/mol. The first-order chi connectivity index (χ1) is 8.91. The number of carboxylic acid groups (broad SMARTS) is 1. The van der Waals surface area contributed by atoms with Gasteiger partial charge in [-0.2, -0.15) is 0 Å². The van der Waals surface area contributed by atoms with E-state index < -0.39 is 11.9 Å². The van der Waals surface area contributed by atoms with Crippen molar-refractivity contribution in [1.82, 2.24) is 0 Å². The minimum atomic E-state index is -1.12. The zero-order valence-electron chi connectivity index (χ0n) is 10.6. The maximum absolute atomic E-state index is 11.8. The first kappa shape index (κ1) is 13.1. The lowest BCUT2D eigenvalue weighted by Crippen LogP contribution is -2.28. The van der Waals surface area contributed by atoms with Crippen molar-refractivity contribution in [2.24, 2.45) is 0 Å². The van der Waals surface area contributed by atoms with Gasteiger partial charge in [-0.25, -0.2) is 9.59 Å². The van der Waals surface area contributed by atoms with Crippen LogP contribution in [0.5, 0.6) is 5.75 Å². The topological polar surface area (TPSA) is 83.8 Å². The Morgan fingerprint density at radius 3 is 2.68 bits per heavy atom. The number of aromatic hydroxyl groups is 1. The van der Waals surface area contributed by atoms with Crippen LogP contribution >= 0.6 is 0 Å². The Morgan fingerprint density at radius 1 is 1.37 bits per heavy atom. The third-order valence-electron chi connectivity index (χ3n) is 3.34. The van der Waals surface area contributed by atoms with E-state index in [9.17, 15) is 14.7 Å². The van der Waals surface area contributed by atoms with Crippen LogP contribution in [0.15, 0.2) is 18.2 Å². The van der Waals surface area contributed by atoms with Crippen molar-refractivity contribution in [3.8, 4) is 5.75 Å². The zero-order chi connectivity index (χ0) is 14.2. The second kappa shape index (κ2) is 4.76. The van der Waals surface area contributed by atoms with E-state index in [1.165, 1.54) is 6.08 Å². The van der Waals surface area contributed by atoms with E-state index >= 15 is 0 Å². The molecule has 2 N–H and O–H groups in total. The molecule has 19 heavy (non-hydrogen) atoms. The number of phenolic OH excluding ortho intramolecular Hbond substituents is 1. The van der Waals surface area contributed by atoms with Crippen LogP contribution in [0.4, 0.5) is 0 Å². The van der Waals surface area contributed by atoms with Crippen molar-refractivity contribution in [2.75, 3.05) is 0 Å². The molecule has 2 rings (SSSR count). The van der Waals surface area contributed by atoms with Crippen molar-refractivity contribution >= 4 is 18.0 Å². The Labute approximate surface area is 110 Å². The molecule has 1 heterocycles. The Bertz CT molecular complexity index is 573. The Kier molecular flexibility index (Phi) is 3.29. The van der Waals surface area contributed by atoms with Gasteiger partial charge in [0.1, 0.15) is 17.4 Å².